The first-order valence-corrected chi connectivity index (χ1v) is 8.79. The Labute approximate surface area is 158 Å². The summed E-state index contributed by atoms with van der Waals surface area (Å²) in [5, 5.41) is 2.74. The van der Waals surface area contributed by atoms with Gasteiger partial charge < -0.3 is 15.1 Å². The highest BCUT2D eigenvalue weighted by atomic mass is 16.2. The van der Waals surface area contributed by atoms with Crippen molar-refractivity contribution in [2.75, 3.05) is 38.5 Å². The van der Waals surface area contributed by atoms with Gasteiger partial charge in [-0.2, -0.15) is 0 Å². The van der Waals surface area contributed by atoms with E-state index < -0.39 is 0 Å². The molecular formula is C20H22N4O3. The maximum atomic E-state index is 12.7. The highest BCUT2D eigenvalue weighted by molar-refractivity contribution is 6.06. The number of hydrogen-bond donors (Lipinski definition) is 1. The van der Waals surface area contributed by atoms with Gasteiger partial charge in [-0.05, 0) is 32.2 Å². The molecule has 2 amide bonds. The lowest BCUT2D eigenvalue weighted by molar-refractivity contribution is 0.0663. The number of nitrogens with zero attached hydrogens (tertiary/aromatic N) is 3. The summed E-state index contributed by atoms with van der Waals surface area (Å²) in [5.74, 6) is -0.576. The third-order valence-corrected chi connectivity index (χ3v) is 4.56. The van der Waals surface area contributed by atoms with Gasteiger partial charge >= 0.3 is 0 Å². The summed E-state index contributed by atoms with van der Waals surface area (Å²) in [6.45, 7) is 4.43. The van der Waals surface area contributed by atoms with Crippen molar-refractivity contribution in [1.29, 1.82) is 0 Å². The van der Waals surface area contributed by atoms with Crippen LogP contribution in [0.4, 0.5) is 5.69 Å². The monoisotopic (exact) mass is 366 g/mol. The average molecular weight is 366 g/mol. The van der Waals surface area contributed by atoms with Gasteiger partial charge in [0.05, 0.1) is 11.1 Å². The molecule has 7 heteroatoms. The van der Waals surface area contributed by atoms with Gasteiger partial charge in [-0.25, -0.2) is 0 Å². The number of ketones is 1. The highest BCUT2D eigenvalue weighted by Crippen LogP contribution is 2.14. The molecule has 0 bridgehead atoms. The number of carbonyl (C=O) groups is 3. The van der Waals surface area contributed by atoms with Crippen LogP contribution < -0.4 is 5.32 Å². The number of likely N-dealkylation sites (N-methyl/N-ethyl adjacent to an activating group) is 1. The fraction of sp³-hybridized carbons (Fsp3) is 0.300. The first-order valence-electron chi connectivity index (χ1n) is 8.79. The van der Waals surface area contributed by atoms with Gasteiger partial charge in [-0.1, -0.05) is 12.1 Å². The number of Topliss-reactive ketones (excluding diaryl/α,β-unsaturated/α-hetero) is 1. The molecule has 0 spiro atoms. The van der Waals surface area contributed by atoms with Crippen LogP contribution in [0.1, 0.15) is 38.0 Å². The molecule has 1 aliphatic rings. The third kappa shape index (κ3) is 4.57. The van der Waals surface area contributed by atoms with Crippen molar-refractivity contribution < 1.29 is 14.4 Å². The predicted octanol–water partition coefficient (Wildman–Crippen LogP) is 1.92. The molecule has 1 N–H and O–H groups in total. The highest BCUT2D eigenvalue weighted by Gasteiger charge is 2.21. The molecule has 1 aromatic heterocycles. The number of anilines is 1. The standard InChI is InChI=1S/C20H22N4O3/c1-14(25)15-4-3-5-18(11-15)22-19(26)16-10-17(13-21-12-16)20(27)24-8-6-23(2)7-9-24/h3-5,10-13H,6-9H2,1-2H3,(H,22,26). The molecule has 2 heterocycles. The summed E-state index contributed by atoms with van der Waals surface area (Å²) in [6, 6.07) is 8.27. The van der Waals surface area contributed by atoms with Crippen LogP contribution in [0.5, 0.6) is 0 Å². The van der Waals surface area contributed by atoms with Crippen LogP contribution in [0, 0.1) is 0 Å². The van der Waals surface area contributed by atoms with Crippen LogP contribution in [0.2, 0.25) is 0 Å². The molecule has 0 aliphatic carbocycles. The Morgan fingerprint density at radius 3 is 2.37 bits per heavy atom. The van der Waals surface area contributed by atoms with E-state index in [4.69, 9.17) is 0 Å². The summed E-state index contributed by atoms with van der Waals surface area (Å²) in [7, 11) is 2.02. The lowest BCUT2D eigenvalue weighted by atomic mass is 10.1. The molecular weight excluding hydrogens is 344 g/mol. The van der Waals surface area contributed by atoms with Crippen molar-refractivity contribution in [2.24, 2.45) is 0 Å². The molecule has 1 fully saturated rings. The molecule has 0 atom stereocenters. The van der Waals surface area contributed by atoms with Crippen molar-refractivity contribution >= 4 is 23.3 Å². The molecule has 3 rings (SSSR count). The minimum absolute atomic E-state index is 0.0764. The Morgan fingerprint density at radius 2 is 1.67 bits per heavy atom. The summed E-state index contributed by atoms with van der Waals surface area (Å²) >= 11 is 0. The number of piperazine rings is 1. The minimum Gasteiger partial charge on any atom is -0.336 e. The van der Waals surface area contributed by atoms with E-state index in [0.717, 1.165) is 13.1 Å². The van der Waals surface area contributed by atoms with Gasteiger partial charge in [-0.15, -0.1) is 0 Å². The fourth-order valence-corrected chi connectivity index (χ4v) is 2.89. The zero-order valence-corrected chi connectivity index (χ0v) is 15.4. The van der Waals surface area contributed by atoms with E-state index in [-0.39, 0.29) is 17.6 Å². The van der Waals surface area contributed by atoms with Gasteiger partial charge in [0, 0.05) is 49.8 Å². The summed E-state index contributed by atoms with van der Waals surface area (Å²) in [5.41, 5.74) is 1.72. The Hall–Kier alpha value is -3.06. The molecule has 0 unspecified atom stereocenters. The molecule has 0 radical (unpaired) electrons. The van der Waals surface area contributed by atoms with Crippen molar-refractivity contribution in [1.82, 2.24) is 14.8 Å². The van der Waals surface area contributed by atoms with E-state index in [9.17, 15) is 14.4 Å². The Bertz CT molecular complexity index is 873. The fourth-order valence-electron chi connectivity index (χ4n) is 2.89. The van der Waals surface area contributed by atoms with E-state index in [1.807, 2.05) is 7.05 Å². The van der Waals surface area contributed by atoms with Gasteiger partial charge in [0.2, 0.25) is 0 Å². The van der Waals surface area contributed by atoms with Crippen molar-refractivity contribution in [3.8, 4) is 0 Å². The van der Waals surface area contributed by atoms with E-state index in [1.54, 1.807) is 35.2 Å². The van der Waals surface area contributed by atoms with Crippen molar-refractivity contribution in [2.45, 2.75) is 6.92 Å². The molecule has 7 nitrogen and oxygen atoms in total. The summed E-state index contributed by atoms with van der Waals surface area (Å²) < 4.78 is 0. The first kappa shape index (κ1) is 18.7. The van der Waals surface area contributed by atoms with Gasteiger partial charge in [0.1, 0.15) is 0 Å². The van der Waals surface area contributed by atoms with Crippen LogP contribution in [-0.2, 0) is 0 Å². The molecule has 27 heavy (non-hydrogen) atoms. The van der Waals surface area contributed by atoms with Crippen molar-refractivity contribution in [3.63, 3.8) is 0 Å². The number of aromatic nitrogens is 1. The first-order chi connectivity index (χ1) is 12.9. The normalized spacial score (nSPS) is 14.7. The zero-order chi connectivity index (χ0) is 19.4. The molecule has 2 aromatic rings. The second-order valence-electron chi connectivity index (χ2n) is 6.65. The molecule has 1 saturated heterocycles. The second kappa shape index (κ2) is 8.09. The number of carbonyl (C=O) groups excluding carboxylic acids is 3. The Morgan fingerprint density at radius 1 is 0.963 bits per heavy atom. The van der Waals surface area contributed by atoms with Gasteiger partial charge in [0.15, 0.2) is 5.78 Å². The number of nitrogens with one attached hydrogen (secondary N) is 1. The van der Waals surface area contributed by atoms with Crippen LogP contribution in [-0.4, -0.2) is 65.6 Å². The quantitative estimate of drug-likeness (QED) is 0.836. The molecule has 140 valence electrons. The number of amides is 2. The smallest absolute Gasteiger partial charge is 0.257 e. The maximum absolute atomic E-state index is 12.7. The largest absolute Gasteiger partial charge is 0.336 e. The Kier molecular flexibility index (Phi) is 5.61. The van der Waals surface area contributed by atoms with Gasteiger partial charge in [0.25, 0.3) is 11.8 Å². The van der Waals surface area contributed by atoms with E-state index in [2.05, 4.69) is 15.2 Å². The van der Waals surface area contributed by atoms with E-state index in [1.165, 1.54) is 19.3 Å². The maximum Gasteiger partial charge on any atom is 0.257 e. The third-order valence-electron chi connectivity index (χ3n) is 4.56. The SMILES string of the molecule is CC(=O)c1cccc(NC(=O)c2cncc(C(=O)N3CCN(C)CC3)c2)c1. The molecule has 1 aromatic carbocycles. The van der Waals surface area contributed by atoms with Gasteiger partial charge in [-0.3, -0.25) is 19.4 Å². The Balaban J connectivity index is 1.73. The second-order valence-corrected chi connectivity index (χ2v) is 6.65. The zero-order valence-electron chi connectivity index (χ0n) is 15.4. The summed E-state index contributed by atoms with van der Waals surface area (Å²) in [4.78, 5) is 44.6. The lowest BCUT2D eigenvalue weighted by Gasteiger charge is -2.32. The average Bonchev–Trinajstić information content (AvgIpc) is 2.68. The number of rotatable bonds is 4. The number of hydrogen-bond acceptors (Lipinski definition) is 5. The van der Waals surface area contributed by atoms with E-state index in [0.29, 0.717) is 35.5 Å². The number of benzene rings is 1. The molecule has 0 saturated carbocycles. The van der Waals surface area contributed by atoms with E-state index >= 15 is 0 Å². The lowest BCUT2D eigenvalue weighted by Crippen LogP contribution is -2.47. The number of pyridine rings is 1. The van der Waals surface area contributed by atoms with Crippen LogP contribution in [0.25, 0.3) is 0 Å². The van der Waals surface area contributed by atoms with Crippen molar-refractivity contribution in [3.05, 3.63) is 59.4 Å². The van der Waals surface area contributed by atoms with Crippen LogP contribution in [0.3, 0.4) is 0 Å². The summed E-state index contributed by atoms with van der Waals surface area (Å²) in [6.07, 6.45) is 2.90. The topological polar surface area (TPSA) is 82.6 Å². The van der Waals surface area contributed by atoms with Crippen LogP contribution in [0.15, 0.2) is 42.7 Å². The predicted molar refractivity (Wildman–Crippen MR) is 102 cm³/mol. The minimum atomic E-state index is -0.378. The molecule has 1 aliphatic heterocycles. The van der Waals surface area contributed by atoms with Crippen LogP contribution >= 0.6 is 0 Å².